The maximum atomic E-state index is 9.15. The van der Waals surface area contributed by atoms with Crippen molar-refractivity contribution in [3.8, 4) is 6.07 Å². The second kappa shape index (κ2) is 4.88. The third kappa shape index (κ3) is 2.56. The molecule has 0 bridgehead atoms. The van der Waals surface area contributed by atoms with Gasteiger partial charge in [0.2, 0.25) is 0 Å². The van der Waals surface area contributed by atoms with Crippen LogP contribution in [0.15, 0.2) is 18.2 Å². The van der Waals surface area contributed by atoms with Crippen LogP contribution in [0.4, 0.5) is 5.69 Å². The number of hydrogen-bond acceptors (Lipinski definition) is 2. The zero-order valence-electron chi connectivity index (χ0n) is 9.41. The number of anilines is 1. The van der Waals surface area contributed by atoms with Gasteiger partial charge in [-0.05, 0) is 36.5 Å². The smallest absolute Gasteiger partial charge is 0.101 e. The van der Waals surface area contributed by atoms with E-state index in [1.54, 1.807) is 0 Å². The second-order valence-electron chi connectivity index (χ2n) is 4.42. The first-order chi connectivity index (χ1) is 7.74. The van der Waals surface area contributed by atoms with Gasteiger partial charge in [-0.25, -0.2) is 0 Å². The van der Waals surface area contributed by atoms with E-state index < -0.39 is 0 Å². The monoisotopic (exact) mass is 278 g/mol. The first-order valence-electron chi connectivity index (χ1n) is 5.54. The fourth-order valence-electron chi connectivity index (χ4n) is 1.87. The lowest BCUT2D eigenvalue weighted by Gasteiger charge is -2.20. The first-order valence-corrected chi connectivity index (χ1v) is 6.67. The van der Waals surface area contributed by atoms with Gasteiger partial charge >= 0.3 is 0 Å². The highest BCUT2D eigenvalue weighted by atomic mass is 79.9. The molecule has 2 rings (SSSR count). The number of nitriles is 1. The minimum absolute atomic E-state index is 0.778. The maximum absolute atomic E-state index is 9.15. The van der Waals surface area contributed by atoms with E-state index in [1.807, 2.05) is 6.07 Å². The molecular formula is C13H15BrN2. The number of benzene rings is 1. The molecule has 0 spiro atoms. The van der Waals surface area contributed by atoms with Crippen molar-refractivity contribution in [2.24, 2.45) is 5.92 Å². The highest BCUT2D eigenvalue weighted by molar-refractivity contribution is 9.08. The van der Waals surface area contributed by atoms with Gasteiger partial charge < -0.3 is 4.90 Å². The zero-order valence-corrected chi connectivity index (χ0v) is 11.0. The van der Waals surface area contributed by atoms with Crippen molar-refractivity contribution in [3.05, 3.63) is 29.3 Å². The van der Waals surface area contributed by atoms with E-state index in [0.717, 1.165) is 34.6 Å². The van der Waals surface area contributed by atoms with Gasteiger partial charge in [0.25, 0.3) is 0 Å². The molecule has 0 aromatic heterocycles. The normalized spacial score (nSPS) is 14.6. The molecule has 0 aliphatic heterocycles. The number of alkyl halides is 1. The maximum Gasteiger partial charge on any atom is 0.101 e. The summed E-state index contributed by atoms with van der Waals surface area (Å²) in [5.41, 5.74) is 2.99. The molecule has 1 fully saturated rings. The Labute approximate surface area is 105 Å². The Morgan fingerprint density at radius 3 is 2.81 bits per heavy atom. The van der Waals surface area contributed by atoms with Crippen molar-refractivity contribution < 1.29 is 0 Å². The van der Waals surface area contributed by atoms with E-state index in [1.165, 1.54) is 12.8 Å². The highest BCUT2D eigenvalue weighted by Gasteiger charge is 2.23. The number of hydrogen-bond donors (Lipinski definition) is 0. The Kier molecular flexibility index (Phi) is 3.50. The Bertz CT molecular complexity index is 418. The SMILES string of the molecule is CN(CC1CC1)c1ccc(CBr)cc1C#N. The minimum atomic E-state index is 0.778. The second-order valence-corrected chi connectivity index (χ2v) is 4.98. The molecule has 0 atom stereocenters. The summed E-state index contributed by atoms with van der Waals surface area (Å²) < 4.78 is 0. The van der Waals surface area contributed by atoms with Crippen LogP contribution >= 0.6 is 15.9 Å². The van der Waals surface area contributed by atoms with Crippen molar-refractivity contribution >= 4 is 21.6 Å². The van der Waals surface area contributed by atoms with Crippen molar-refractivity contribution in [1.29, 1.82) is 5.26 Å². The summed E-state index contributed by atoms with van der Waals surface area (Å²) >= 11 is 3.41. The number of nitrogens with zero attached hydrogens (tertiary/aromatic N) is 2. The molecule has 0 amide bonds. The van der Waals surface area contributed by atoms with Gasteiger partial charge in [0, 0.05) is 18.9 Å². The van der Waals surface area contributed by atoms with E-state index in [4.69, 9.17) is 5.26 Å². The molecule has 1 aliphatic rings. The average molecular weight is 279 g/mol. The fraction of sp³-hybridized carbons (Fsp3) is 0.462. The molecule has 0 saturated heterocycles. The van der Waals surface area contributed by atoms with E-state index in [-0.39, 0.29) is 0 Å². The third-order valence-corrected chi connectivity index (χ3v) is 3.62. The molecule has 1 aromatic rings. The molecule has 0 radical (unpaired) electrons. The van der Waals surface area contributed by atoms with Crippen molar-refractivity contribution in [2.45, 2.75) is 18.2 Å². The van der Waals surface area contributed by atoms with Crippen molar-refractivity contribution in [1.82, 2.24) is 0 Å². The quantitative estimate of drug-likeness (QED) is 0.791. The molecule has 1 aromatic carbocycles. The fourth-order valence-corrected chi connectivity index (χ4v) is 2.22. The lowest BCUT2D eigenvalue weighted by molar-refractivity contribution is 0.786. The summed E-state index contributed by atoms with van der Waals surface area (Å²) in [5.74, 6) is 0.840. The van der Waals surface area contributed by atoms with Crippen LogP contribution in [0.25, 0.3) is 0 Å². The Balaban J connectivity index is 2.21. The lowest BCUT2D eigenvalue weighted by atomic mass is 10.1. The van der Waals surface area contributed by atoms with Crippen LogP contribution in [-0.2, 0) is 5.33 Å². The summed E-state index contributed by atoms with van der Waals surface area (Å²) in [5, 5.41) is 9.94. The molecule has 84 valence electrons. The van der Waals surface area contributed by atoms with Crippen LogP contribution in [0.2, 0.25) is 0 Å². The highest BCUT2D eigenvalue weighted by Crippen LogP contribution is 2.32. The summed E-state index contributed by atoms with van der Waals surface area (Å²) in [6, 6.07) is 8.38. The van der Waals surface area contributed by atoms with Gasteiger partial charge in [-0.2, -0.15) is 5.26 Å². The van der Waals surface area contributed by atoms with Gasteiger partial charge in [0.1, 0.15) is 6.07 Å². The zero-order chi connectivity index (χ0) is 11.5. The van der Waals surface area contributed by atoms with E-state index in [0.29, 0.717) is 0 Å². The number of halogens is 1. The van der Waals surface area contributed by atoms with Crippen molar-refractivity contribution in [3.63, 3.8) is 0 Å². The molecule has 2 nitrogen and oxygen atoms in total. The summed E-state index contributed by atoms with van der Waals surface area (Å²) in [4.78, 5) is 2.20. The average Bonchev–Trinajstić information content (AvgIpc) is 3.11. The molecule has 0 heterocycles. The van der Waals surface area contributed by atoms with E-state index in [9.17, 15) is 0 Å². The van der Waals surface area contributed by atoms with Crippen LogP contribution < -0.4 is 4.90 Å². The van der Waals surface area contributed by atoms with Crippen LogP contribution in [0, 0.1) is 17.2 Å². The summed E-state index contributed by atoms with van der Waals surface area (Å²) in [6.45, 7) is 1.07. The first kappa shape index (κ1) is 11.5. The standard InChI is InChI=1S/C13H15BrN2/c1-16(9-10-2-3-10)13-5-4-11(7-14)6-12(13)8-15/h4-6,10H,2-3,7,9H2,1H3. The molecule has 3 heteroatoms. The molecule has 1 aliphatic carbocycles. The topological polar surface area (TPSA) is 27.0 Å². The molecular weight excluding hydrogens is 264 g/mol. The van der Waals surface area contributed by atoms with Crippen LogP contribution in [0.3, 0.4) is 0 Å². The predicted octanol–water partition coefficient (Wildman–Crippen LogP) is 3.30. The van der Waals surface area contributed by atoms with E-state index >= 15 is 0 Å². The van der Waals surface area contributed by atoms with Gasteiger partial charge in [-0.1, -0.05) is 22.0 Å². The van der Waals surface area contributed by atoms with Crippen LogP contribution in [0.5, 0.6) is 0 Å². The third-order valence-electron chi connectivity index (χ3n) is 2.98. The molecule has 0 unspecified atom stereocenters. The Hall–Kier alpha value is -1.01. The number of rotatable bonds is 4. The van der Waals surface area contributed by atoms with Gasteiger partial charge in [0.15, 0.2) is 0 Å². The largest absolute Gasteiger partial charge is 0.373 e. The molecule has 1 saturated carbocycles. The van der Waals surface area contributed by atoms with E-state index in [2.05, 4.69) is 46.1 Å². The molecule has 16 heavy (non-hydrogen) atoms. The minimum Gasteiger partial charge on any atom is -0.373 e. The van der Waals surface area contributed by atoms with Gasteiger partial charge in [-0.15, -0.1) is 0 Å². The Morgan fingerprint density at radius 1 is 1.50 bits per heavy atom. The van der Waals surface area contributed by atoms with Crippen LogP contribution in [0.1, 0.15) is 24.0 Å². The summed E-state index contributed by atoms with van der Waals surface area (Å²) in [7, 11) is 2.07. The van der Waals surface area contributed by atoms with Crippen LogP contribution in [-0.4, -0.2) is 13.6 Å². The lowest BCUT2D eigenvalue weighted by Crippen LogP contribution is -2.20. The predicted molar refractivity (Wildman–Crippen MR) is 69.8 cm³/mol. The molecule has 0 N–H and O–H groups in total. The Morgan fingerprint density at radius 2 is 2.25 bits per heavy atom. The summed E-state index contributed by atoms with van der Waals surface area (Å²) in [6.07, 6.45) is 2.68. The van der Waals surface area contributed by atoms with Crippen molar-refractivity contribution in [2.75, 3.05) is 18.5 Å². The van der Waals surface area contributed by atoms with Gasteiger partial charge in [-0.3, -0.25) is 0 Å². The van der Waals surface area contributed by atoms with Gasteiger partial charge in [0.05, 0.1) is 11.3 Å².